The average molecular weight is 276 g/mol. The zero-order chi connectivity index (χ0) is 13.8. The van der Waals surface area contributed by atoms with Gasteiger partial charge in [0.15, 0.2) is 5.78 Å². The SMILES string of the molecule is COc1ccc(N)c(C(=O)Cc2ccccc2Cl)c1. The second-order valence-corrected chi connectivity index (χ2v) is 4.55. The Morgan fingerprint density at radius 1 is 1.26 bits per heavy atom. The third-order valence-electron chi connectivity index (χ3n) is 2.87. The molecule has 19 heavy (non-hydrogen) atoms. The van der Waals surface area contributed by atoms with Gasteiger partial charge in [0.2, 0.25) is 0 Å². The van der Waals surface area contributed by atoms with Gasteiger partial charge in [-0.05, 0) is 29.8 Å². The summed E-state index contributed by atoms with van der Waals surface area (Å²) in [5.41, 5.74) is 7.52. The number of halogens is 1. The molecule has 98 valence electrons. The van der Waals surface area contributed by atoms with Crippen molar-refractivity contribution in [2.24, 2.45) is 0 Å². The first-order chi connectivity index (χ1) is 9.11. The summed E-state index contributed by atoms with van der Waals surface area (Å²) < 4.78 is 5.10. The second-order valence-electron chi connectivity index (χ2n) is 4.14. The molecule has 0 aromatic heterocycles. The molecule has 0 saturated carbocycles. The lowest BCUT2D eigenvalue weighted by molar-refractivity contribution is 0.0993. The van der Waals surface area contributed by atoms with E-state index in [1.165, 1.54) is 0 Å². The van der Waals surface area contributed by atoms with E-state index in [1.54, 1.807) is 31.4 Å². The number of ether oxygens (including phenoxy) is 1. The third-order valence-corrected chi connectivity index (χ3v) is 3.24. The van der Waals surface area contributed by atoms with E-state index in [4.69, 9.17) is 22.1 Å². The lowest BCUT2D eigenvalue weighted by Gasteiger charge is -2.08. The summed E-state index contributed by atoms with van der Waals surface area (Å²) in [5, 5.41) is 0.581. The van der Waals surface area contributed by atoms with Gasteiger partial charge in [-0.3, -0.25) is 4.79 Å². The van der Waals surface area contributed by atoms with Gasteiger partial charge in [0.1, 0.15) is 5.75 Å². The predicted molar refractivity (Wildman–Crippen MR) is 76.9 cm³/mol. The molecule has 3 nitrogen and oxygen atoms in total. The number of methoxy groups -OCH3 is 1. The first-order valence-corrected chi connectivity index (χ1v) is 6.19. The van der Waals surface area contributed by atoms with Crippen molar-refractivity contribution in [3.05, 3.63) is 58.6 Å². The van der Waals surface area contributed by atoms with Crippen LogP contribution in [0, 0.1) is 0 Å². The van der Waals surface area contributed by atoms with E-state index in [9.17, 15) is 4.79 Å². The third kappa shape index (κ3) is 3.06. The van der Waals surface area contributed by atoms with Gasteiger partial charge in [-0.2, -0.15) is 0 Å². The molecule has 0 atom stereocenters. The fraction of sp³-hybridized carbons (Fsp3) is 0.133. The second kappa shape index (κ2) is 5.76. The van der Waals surface area contributed by atoms with Crippen LogP contribution in [0.5, 0.6) is 5.75 Å². The number of hydrogen-bond acceptors (Lipinski definition) is 3. The molecule has 2 rings (SSSR count). The molecule has 0 aliphatic heterocycles. The largest absolute Gasteiger partial charge is 0.497 e. The molecule has 0 unspecified atom stereocenters. The Kier molecular flexibility index (Phi) is 4.07. The molecule has 0 heterocycles. The molecule has 0 radical (unpaired) electrons. The fourth-order valence-electron chi connectivity index (χ4n) is 1.81. The van der Waals surface area contributed by atoms with Crippen LogP contribution in [-0.4, -0.2) is 12.9 Å². The molecule has 0 bridgehead atoms. The maximum atomic E-state index is 12.3. The Morgan fingerprint density at radius 3 is 2.68 bits per heavy atom. The molecule has 0 fully saturated rings. The number of nitrogen functional groups attached to an aromatic ring is 1. The number of carbonyl (C=O) groups is 1. The van der Waals surface area contributed by atoms with E-state index in [0.29, 0.717) is 22.0 Å². The number of benzene rings is 2. The van der Waals surface area contributed by atoms with Crippen LogP contribution in [0.2, 0.25) is 5.02 Å². The minimum atomic E-state index is -0.0792. The first-order valence-electron chi connectivity index (χ1n) is 5.82. The number of carbonyl (C=O) groups excluding carboxylic acids is 1. The van der Waals surface area contributed by atoms with Gasteiger partial charge < -0.3 is 10.5 Å². The molecular weight excluding hydrogens is 262 g/mol. The molecule has 0 spiro atoms. The van der Waals surface area contributed by atoms with Crippen molar-refractivity contribution in [1.29, 1.82) is 0 Å². The van der Waals surface area contributed by atoms with E-state index >= 15 is 0 Å². The minimum Gasteiger partial charge on any atom is -0.497 e. The van der Waals surface area contributed by atoms with Crippen molar-refractivity contribution in [2.75, 3.05) is 12.8 Å². The van der Waals surface area contributed by atoms with Crippen LogP contribution in [0.4, 0.5) is 5.69 Å². The van der Waals surface area contributed by atoms with Crippen LogP contribution in [0.25, 0.3) is 0 Å². The normalized spacial score (nSPS) is 10.2. The van der Waals surface area contributed by atoms with E-state index in [-0.39, 0.29) is 12.2 Å². The van der Waals surface area contributed by atoms with Crippen molar-refractivity contribution >= 4 is 23.1 Å². The number of ketones is 1. The molecule has 0 aliphatic rings. The van der Waals surface area contributed by atoms with Gasteiger partial charge in [-0.1, -0.05) is 29.8 Å². The average Bonchev–Trinajstić information content (AvgIpc) is 2.42. The highest BCUT2D eigenvalue weighted by atomic mass is 35.5. The summed E-state index contributed by atoms with van der Waals surface area (Å²) in [7, 11) is 1.55. The van der Waals surface area contributed by atoms with Crippen molar-refractivity contribution in [3.63, 3.8) is 0 Å². The van der Waals surface area contributed by atoms with Gasteiger partial charge in [0, 0.05) is 22.7 Å². The molecular formula is C15H14ClNO2. The Morgan fingerprint density at radius 2 is 2.00 bits per heavy atom. The van der Waals surface area contributed by atoms with Crippen LogP contribution in [-0.2, 0) is 6.42 Å². The van der Waals surface area contributed by atoms with Crippen LogP contribution >= 0.6 is 11.6 Å². The van der Waals surface area contributed by atoms with Gasteiger partial charge in [-0.25, -0.2) is 0 Å². The summed E-state index contributed by atoms with van der Waals surface area (Å²) in [6.07, 6.45) is 0.219. The number of hydrogen-bond donors (Lipinski definition) is 1. The van der Waals surface area contributed by atoms with Crippen LogP contribution in [0.1, 0.15) is 15.9 Å². The van der Waals surface area contributed by atoms with Crippen LogP contribution in [0.3, 0.4) is 0 Å². The molecule has 2 N–H and O–H groups in total. The van der Waals surface area contributed by atoms with Crippen molar-refractivity contribution < 1.29 is 9.53 Å². The molecule has 0 amide bonds. The number of nitrogens with two attached hydrogens (primary N) is 1. The number of Topliss-reactive ketones (excluding diaryl/α,β-unsaturated/α-hetero) is 1. The van der Waals surface area contributed by atoms with E-state index in [1.807, 2.05) is 18.2 Å². The molecule has 0 aliphatic carbocycles. The first kappa shape index (κ1) is 13.4. The summed E-state index contributed by atoms with van der Waals surface area (Å²) in [4.78, 5) is 12.3. The maximum Gasteiger partial charge on any atom is 0.169 e. The van der Waals surface area contributed by atoms with Crippen molar-refractivity contribution in [1.82, 2.24) is 0 Å². The molecule has 2 aromatic rings. The topological polar surface area (TPSA) is 52.3 Å². The Balaban J connectivity index is 2.28. The monoisotopic (exact) mass is 275 g/mol. The summed E-state index contributed by atoms with van der Waals surface area (Å²) >= 11 is 6.05. The summed E-state index contributed by atoms with van der Waals surface area (Å²) in [6.45, 7) is 0. The van der Waals surface area contributed by atoms with Crippen LogP contribution < -0.4 is 10.5 Å². The molecule has 0 saturated heterocycles. The Bertz CT molecular complexity index is 611. The van der Waals surface area contributed by atoms with E-state index < -0.39 is 0 Å². The Hall–Kier alpha value is -2.00. The summed E-state index contributed by atoms with van der Waals surface area (Å²) in [5.74, 6) is 0.529. The van der Waals surface area contributed by atoms with Crippen molar-refractivity contribution in [3.8, 4) is 5.75 Å². The van der Waals surface area contributed by atoms with Crippen molar-refractivity contribution in [2.45, 2.75) is 6.42 Å². The zero-order valence-corrected chi connectivity index (χ0v) is 11.3. The molecule has 2 aromatic carbocycles. The lowest BCUT2D eigenvalue weighted by atomic mass is 10.0. The fourth-order valence-corrected chi connectivity index (χ4v) is 2.02. The highest BCUT2D eigenvalue weighted by molar-refractivity contribution is 6.31. The zero-order valence-electron chi connectivity index (χ0n) is 10.5. The Labute approximate surface area is 117 Å². The number of anilines is 1. The van der Waals surface area contributed by atoms with Crippen LogP contribution in [0.15, 0.2) is 42.5 Å². The molecule has 4 heteroatoms. The smallest absolute Gasteiger partial charge is 0.169 e. The predicted octanol–water partition coefficient (Wildman–Crippen LogP) is 3.36. The van der Waals surface area contributed by atoms with Gasteiger partial charge in [0.05, 0.1) is 7.11 Å². The highest BCUT2D eigenvalue weighted by Crippen LogP contribution is 2.23. The maximum absolute atomic E-state index is 12.3. The number of rotatable bonds is 4. The van der Waals surface area contributed by atoms with Gasteiger partial charge in [0.25, 0.3) is 0 Å². The summed E-state index contributed by atoms with van der Waals surface area (Å²) in [6, 6.07) is 12.3. The van der Waals surface area contributed by atoms with E-state index in [0.717, 1.165) is 5.56 Å². The minimum absolute atomic E-state index is 0.0792. The lowest BCUT2D eigenvalue weighted by Crippen LogP contribution is -2.07. The van der Waals surface area contributed by atoms with E-state index in [2.05, 4.69) is 0 Å². The highest BCUT2D eigenvalue weighted by Gasteiger charge is 2.13. The van der Waals surface area contributed by atoms with Gasteiger partial charge >= 0.3 is 0 Å². The standard InChI is InChI=1S/C15H14ClNO2/c1-19-11-6-7-14(17)12(9-11)15(18)8-10-4-2-3-5-13(10)16/h2-7,9H,8,17H2,1H3. The quantitative estimate of drug-likeness (QED) is 0.688. The van der Waals surface area contributed by atoms with Gasteiger partial charge in [-0.15, -0.1) is 0 Å².